The molecule has 88 valence electrons. The number of hydrogen-bond donors (Lipinski definition) is 1. The number of benzene rings is 1. The van der Waals surface area contributed by atoms with Gasteiger partial charge in [-0.3, -0.25) is 10.1 Å². The molecule has 0 aliphatic heterocycles. The second-order valence-electron chi connectivity index (χ2n) is 4.34. The molecule has 1 N–H and O–H groups in total. The third-order valence-corrected chi connectivity index (χ3v) is 2.48. The van der Waals surface area contributed by atoms with Crippen LogP contribution in [0.25, 0.3) is 0 Å². The standard InChI is InChI=1S/C12H18N2O2/c1-9(2)7-13-8-11-5-4-6-12(10(11)3)14(15)16/h4-6,9,13H,7-8H2,1-3H3. The largest absolute Gasteiger partial charge is 0.312 e. The second kappa shape index (κ2) is 5.61. The minimum atomic E-state index is -0.332. The summed E-state index contributed by atoms with van der Waals surface area (Å²) in [4.78, 5) is 10.4. The zero-order valence-corrected chi connectivity index (χ0v) is 9.99. The Labute approximate surface area is 95.8 Å². The summed E-state index contributed by atoms with van der Waals surface area (Å²) in [5.41, 5.74) is 1.95. The highest BCUT2D eigenvalue weighted by Crippen LogP contribution is 2.20. The summed E-state index contributed by atoms with van der Waals surface area (Å²) in [5.74, 6) is 0.582. The zero-order chi connectivity index (χ0) is 12.1. The molecule has 1 aromatic rings. The fraction of sp³-hybridized carbons (Fsp3) is 0.500. The fourth-order valence-corrected chi connectivity index (χ4v) is 1.55. The molecule has 4 nitrogen and oxygen atoms in total. The number of nitrogens with zero attached hydrogens (tertiary/aromatic N) is 1. The molecular formula is C12H18N2O2. The highest BCUT2D eigenvalue weighted by atomic mass is 16.6. The predicted molar refractivity (Wildman–Crippen MR) is 64.4 cm³/mol. The molecule has 1 aromatic carbocycles. The number of nitrogens with one attached hydrogen (secondary N) is 1. The van der Waals surface area contributed by atoms with Crippen molar-refractivity contribution >= 4 is 5.69 Å². The van der Waals surface area contributed by atoms with Gasteiger partial charge in [0.2, 0.25) is 0 Å². The molecule has 0 radical (unpaired) electrons. The van der Waals surface area contributed by atoms with Crippen LogP contribution in [0.5, 0.6) is 0 Å². The first kappa shape index (κ1) is 12.6. The van der Waals surface area contributed by atoms with Gasteiger partial charge in [0, 0.05) is 18.2 Å². The van der Waals surface area contributed by atoms with Gasteiger partial charge in [-0.1, -0.05) is 26.0 Å². The molecule has 16 heavy (non-hydrogen) atoms. The lowest BCUT2D eigenvalue weighted by molar-refractivity contribution is -0.385. The Balaban J connectivity index is 2.73. The Morgan fingerprint density at radius 2 is 2.12 bits per heavy atom. The van der Waals surface area contributed by atoms with Crippen molar-refractivity contribution in [2.45, 2.75) is 27.3 Å². The van der Waals surface area contributed by atoms with Gasteiger partial charge in [-0.05, 0) is 24.9 Å². The van der Waals surface area contributed by atoms with Gasteiger partial charge in [-0.15, -0.1) is 0 Å². The summed E-state index contributed by atoms with van der Waals surface area (Å²) in [5, 5.41) is 14.0. The Hall–Kier alpha value is -1.42. The maximum absolute atomic E-state index is 10.7. The van der Waals surface area contributed by atoms with Crippen LogP contribution in [0, 0.1) is 23.0 Å². The molecule has 0 bridgehead atoms. The van der Waals surface area contributed by atoms with Crippen molar-refractivity contribution in [3.8, 4) is 0 Å². The van der Waals surface area contributed by atoms with Crippen molar-refractivity contribution in [3.63, 3.8) is 0 Å². The first-order chi connectivity index (χ1) is 7.52. The van der Waals surface area contributed by atoms with Gasteiger partial charge in [-0.2, -0.15) is 0 Å². The zero-order valence-electron chi connectivity index (χ0n) is 9.99. The third-order valence-electron chi connectivity index (χ3n) is 2.48. The van der Waals surface area contributed by atoms with E-state index in [0.717, 1.165) is 17.7 Å². The maximum atomic E-state index is 10.7. The number of hydrogen-bond acceptors (Lipinski definition) is 3. The van der Waals surface area contributed by atoms with E-state index in [1.807, 2.05) is 6.07 Å². The van der Waals surface area contributed by atoms with Gasteiger partial charge in [0.15, 0.2) is 0 Å². The summed E-state index contributed by atoms with van der Waals surface area (Å²) in [6.07, 6.45) is 0. The van der Waals surface area contributed by atoms with Crippen molar-refractivity contribution in [3.05, 3.63) is 39.4 Å². The Kier molecular flexibility index (Phi) is 4.43. The molecule has 1 rings (SSSR count). The van der Waals surface area contributed by atoms with E-state index < -0.39 is 0 Å². The van der Waals surface area contributed by atoms with Crippen LogP contribution < -0.4 is 5.32 Å². The van der Waals surface area contributed by atoms with E-state index in [1.54, 1.807) is 19.1 Å². The van der Waals surface area contributed by atoms with Crippen molar-refractivity contribution in [1.29, 1.82) is 0 Å². The lowest BCUT2D eigenvalue weighted by atomic mass is 10.1. The van der Waals surface area contributed by atoms with Crippen LogP contribution in [0.1, 0.15) is 25.0 Å². The molecule has 0 aromatic heterocycles. The van der Waals surface area contributed by atoms with Crippen LogP contribution in [0.4, 0.5) is 5.69 Å². The summed E-state index contributed by atoms with van der Waals surface area (Å²) in [6, 6.07) is 5.20. The van der Waals surface area contributed by atoms with Gasteiger partial charge in [0.05, 0.1) is 4.92 Å². The molecular weight excluding hydrogens is 204 g/mol. The van der Waals surface area contributed by atoms with Crippen molar-refractivity contribution < 1.29 is 4.92 Å². The van der Waals surface area contributed by atoms with Crippen LogP contribution >= 0.6 is 0 Å². The van der Waals surface area contributed by atoms with Crippen molar-refractivity contribution in [1.82, 2.24) is 5.32 Å². The summed E-state index contributed by atoms with van der Waals surface area (Å²) < 4.78 is 0. The normalized spacial score (nSPS) is 10.8. The van der Waals surface area contributed by atoms with Crippen LogP contribution in [-0.2, 0) is 6.54 Å². The molecule has 0 atom stereocenters. The van der Waals surface area contributed by atoms with Gasteiger partial charge >= 0.3 is 0 Å². The molecule has 0 amide bonds. The summed E-state index contributed by atoms with van der Waals surface area (Å²) in [6.45, 7) is 7.67. The van der Waals surface area contributed by atoms with Gasteiger partial charge in [0.25, 0.3) is 5.69 Å². The van der Waals surface area contributed by atoms with Crippen molar-refractivity contribution in [2.75, 3.05) is 6.54 Å². The minimum absolute atomic E-state index is 0.198. The predicted octanol–water partition coefficient (Wildman–Crippen LogP) is 2.65. The van der Waals surface area contributed by atoms with E-state index in [9.17, 15) is 10.1 Å². The second-order valence-corrected chi connectivity index (χ2v) is 4.34. The van der Waals surface area contributed by atoms with Gasteiger partial charge < -0.3 is 5.32 Å². The quantitative estimate of drug-likeness (QED) is 0.615. The van der Waals surface area contributed by atoms with Crippen LogP contribution in [0.15, 0.2) is 18.2 Å². The number of nitro groups is 1. The maximum Gasteiger partial charge on any atom is 0.272 e. The smallest absolute Gasteiger partial charge is 0.272 e. The van der Waals surface area contributed by atoms with Crippen LogP contribution in [0.2, 0.25) is 0 Å². The van der Waals surface area contributed by atoms with Crippen molar-refractivity contribution in [2.24, 2.45) is 5.92 Å². The van der Waals surface area contributed by atoms with E-state index in [-0.39, 0.29) is 10.6 Å². The topological polar surface area (TPSA) is 55.2 Å². The molecule has 0 aliphatic rings. The monoisotopic (exact) mass is 222 g/mol. The van der Waals surface area contributed by atoms with E-state index in [1.165, 1.54) is 0 Å². The first-order valence-electron chi connectivity index (χ1n) is 5.46. The minimum Gasteiger partial charge on any atom is -0.312 e. The van der Waals surface area contributed by atoms with Crippen LogP contribution in [-0.4, -0.2) is 11.5 Å². The van der Waals surface area contributed by atoms with Gasteiger partial charge in [-0.25, -0.2) is 0 Å². The summed E-state index contributed by atoms with van der Waals surface area (Å²) in [7, 11) is 0. The average molecular weight is 222 g/mol. The van der Waals surface area contributed by atoms with E-state index in [2.05, 4.69) is 19.2 Å². The van der Waals surface area contributed by atoms with E-state index in [0.29, 0.717) is 12.5 Å². The highest BCUT2D eigenvalue weighted by molar-refractivity contribution is 5.44. The Morgan fingerprint density at radius 3 is 2.69 bits per heavy atom. The lowest BCUT2D eigenvalue weighted by Crippen LogP contribution is -2.19. The lowest BCUT2D eigenvalue weighted by Gasteiger charge is -2.09. The number of nitro benzene ring substituents is 1. The fourth-order valence-electron chi connectivity index (χ4n) is 1.55. The SMILES string of the molecule is Cc1c(CNCC(C)C)cccc1[N+](=O)[O-]. The molecule has 0 spiro atoms. The number of rotatable bonds is 5. The summed E-state index contributed by atoms with van der Waals surface area (Å²) >= 11 is 0. The third kappa shape index (κ3) is 3.31. The molecule has 0 aliphatic carbocycles. The molecule has 0 saturated carbocycles. The molecule has 0 saturated heterocycles. The van der Waals surface area contributed by atoms with E-state index >= 15 is 0 Å². The Morgan fingerprint density at radius 1 is 1.44 bits per heavy atom. The molecule has 0 fully saturated rings. The highest BCUT2D eigenvalue weighted by Gasteiger charge is 2.12. The average Bonchev–Trinajstić information content (AvgIpc) is 2.19. The first-order valence-corrected chi connectivity index (χ1v) is 5.46. The molecule has 0 unspecified atom stereocenters. The Bertz CT molecular complexity index is 375. The molecule has 0 heterocycles. The molecule has 4 heteroatoms. The van der Waals surface area contributed by atoms with Gasteiger partial charge in [0.1, 0.15) is 0 Å². The van der Waals surface area contributed by atoms with Crippen LogP contribution in [0.3, 0.4) is 0 Å². The van der Waals surface area contributed by atoms with E-state index in [4.69, 9.17) is 0 Å².